The van der Waals surface area contributed by atoms with E-state index >= 15 is 41.9 Å². The largest absolute Gasteiger partial charge is 0.397 e. The van der Waals surface area contributed by atoms with Crippen LogP contribution in [0.3, 0.4) is 0 Å². The highest BCUT2D eigenvalue weighted by molar-refractivity contribution is 6.01. The number of carbonyl (C=O) groups is 12. The number of nitrogens with one attached hydrogen (secondary N) is 3. The van der Waals surface area contributed by atoms with Gasteiger partial charge in [-0.15, -0.1) is 0 Å². The van der Waals surface area contributed by atoms with Gasteiger partial charge in [0.15, 0.2) is 0 Å². The maximum Gasteiger partial charge on any atom is 0.397 e. The van der Waals surface area contributed by atoms with Gasteiger partial charge in [-0.3, -0.25) is 57.5 Å². The van der Waals surface area contributed by atoms with Gasteiger partial charge in [-0.1, -0.05) is 72.0 Å². The van der Waals surface area contributed by atoms with Gasteiger partial charge in [0, 0.05) is 69.3 Å². The first-order valence-corrected chi connectivity index (χ1v) is 38.4. The third-order valence-corrected chi connectivity index (χ3v) is 24.4. The summed E-state index contributed by atoms with van der Waals surface area (Å²) in [7, 11) is 10.8. The van der Waals surface area contributed by atoms with Gasteiger partial charge in [-0.05, 0) is 138 Å². The SMILES string of the molecule is CC[C@H](C)[C@@H]1NC(=O)[C@H](CC2CC2)N(C)C(=O)C[C@@H](C(=O)N(C)C)N(C)C(=O)[C@H](C2CCCC2)N(C)C(=O)C2(CC(C)(C)C2)NC(=O)[C@@H]2C[C@@H](F)CN2C(=O)[C@H](CCC2CC(F)C(C(F)(F)F)C(F)C2)NC(=O)CN(C)C(=O)[C@H](CC2CCC(C(F)(F)F)CC2)N2CC/C=C\C[C@@H](C2=O)N(C)C(=O)CN(C)C1=O. The van der Waals surface area contributed by atoms with E-state index in [-0.39, 0.29) is 76.7 Å². The van der Waals surface area contributed by atoms with E-state index < -0.39 is 255 Å². The van der Waals surface area contributed by atoms with Crippen molar-refractivity contribution in [3.8, 4) is 0 Å². The minimum atomic E-state index is -5.24. The molecule has 0 radical (unpaired) electrons. The Hall–Kier alpha value is -7.25. The fraction of sp³-hybridized carbons (Fsp3) is 0.813. The summed E-state index contributed by atoms with van der Waals surface area (Å²) in [6, 6.07) is -11.8. The minimum Gasteiger partial charge on any atom is -0.347 e. The molecule has 5 saturated carbocycles. The molecule has 0 aromatic carbocycles. The Bertz CT molecular complexity index is 3310. The first-order valence-electron chi connectivity index (χ1n) is 38.4. The second-order valence-corrected chi connectivity index (χ2v) is 33.4. The van der Waals surface area contributed by atoms with Gasteiger partial charge in [0.05, 0.1) is 32.0 Å². The quantitative estimate of drug-likeness (QED) is 0.145. The van der Waals surface area contributed by atoms with Crippen LogP contribution >= 0.6 is 0 Å². The lowest BCUT2D eigenvalue weighted by Crippen LogP contribution is -2.71. The topological polar surface area (TPSA) is 270 Å². The molecule has 2 unspecified atom stereocenters. The van der Waals surface area contributed by atoms with Gasteiger partial charge in [0.25, 0.3) is 0 Å². The molecule has 24 nitrogen and oxygen atoms in total. The van der Waals surface area contributed by atoms with Crippen LogP contribution in [0.25, 0.3) is 0 Å². The second kappa shape index (κ2) is 35.4. The van der Waals surface area contributed by atoms with E-state index in [4.69, 9.17) is 0 Å². The number of alkyl halides is 9. The molecule has 12 amide bonds. The van der Waals surface area contributed by atoms with Gasteiger partial charge < -0.3 is 60.0 Å². The fourth-order valence-electron chi connectivity index (χ4n) is 17.8. The number of fused-ring (bicyclic) bond motifs is 3. The molecule has 608 valence electrons. The first-order chi connectivity index (χ1) is 50.4. The molecule has 8 aliphatic rings. The molecule has 0 aromatic rings. The highest BCUT2D eigenvalue weighted by Gasteiger charge is 2.60. The van der Waals surface area contributed by atoms with Crippen LogP contribution in [0.1, 0.15) is 175 Å². The number of amides is 12. The summed E-state index contributed by atoms with van der Waals surface area (Å²) >= 11 is 0. The van der Waals surface area contributed by atoms with E-state index in [9.17, 15) is 55.1 Å². The van der Waals surface area contributed by atoms with E-state index in [1.54, 1.807) is 26.0 Å². The van der Waals surface area contributed by atoms with Crippen LogP contribution in [0, 0.1) is 46.8 Å². The van der Waals surface area contributed by atoms with E-state index in [2.05, 4.69) is 16.0 Å². The van der Waals surface area contributed by atoms with Crippen molar-refractivity contribution in [2.45, 2.75) is 260 Å². The first kappa shape index (κ1) is 86.3. The van der Waals surface area contributed by atoms with Crippen molar-refractivity contribution >= 4 is 70.9 Å². The van der Waals surface area contributed by atoms with E-state index in [1.165, 1.54) is 76.0 Å². The third-order valence-electron chi connectivity index (χ3n) is 24.4. The zero-order valence-corrected chi connectivity index (χ0v) is 64.5. The summed E-state index contributed by atoms with van der Waals surface area (Å²) in [4.78, 5) is 191. The number of likely N-dealkylation sites (N-methyl/N-ethyl adjacent to an activating group) is 7. The Kier molecular flexibility index (Phi) is 28.3. The maximum atomic E-state index is 16.2. The standard InChI is InChI=1S/C75H113F9N12O12/c1-13-42(2)61-69(106)90(8)39-59(99)91(9)52-21-15-14-18-30-95(68(52)105)56(34-44-24-27-47(28-25-44)74(79,80)81)67(104)89(7)38-57(97)85-51(29-26-45-31-49(77)60(50(78)32-45)75(82,83)84)65(102)96-37-48(76)35-54(96)64(101)87-73(40-72(3,4)41-73)71(108)94(12)62(46-19-16-17-20-46)70(107)93(11)55(66(103)88(5)6)36-58(98)92(10)53(63(100)86-61)33-43-22-23-43/h14-15,42-56,60-62H,13,16-41H2,1-12H3,(H,85,97)(H,86,100)(H,87,101)/b15-14-/t42-,44?,45?,47?,48+,49?,50?,51-,52-,53-,54-,55-,56-,60?,61-,62-/m0/s1. The minimum absolute atomic E-state index is 0.00841. The van der Waals surface area contributed by atoms with Crippen molar-refractivity contribution in [3.63, 3.8) is 0 Å². The molecule has 1 spiro atoms. The Morgan fingerprint density at radius 2 is 1.19 bits per heavy atom. The Labute approximate surface area is 627 Å². The molecule has 2 bridgehead atoms. The van der Waals surface area contributed by atoms with Gasteiger partial charge in [0.2, 0.25) is 70.9 Å². The van der Waals surface area contributed by atoms with Crippen LogP contribution < -0.4 is 16.0 Å². The van der Waals surface area contributed by atoms with E-state index in [1.807, 2.05) is 13.8 Å². The van der Waals surface area contributed by atoms with E-state index in [0.717, 1.165) is 37.3 Å². The molecule has 2 saturated heterocycles. The molecular weight excluding hydrogens is 1430 g/mol. The lowest BCUT2D eigenvalue weighted by atomic mass is 9.58. The average Bonchev–Trinajstić information content (AvgIpc) is 0.794. The highest BCUT2D eigenvalue weighted by Crippen LogP contribution is 2.50. The van der Waals surface area contributed by atoms with Crippen molar-refractivity contribution in [1.29, 1.82) is 0 Å². The van der Waals surface area contributed by atoms with Gasteiger partial charge >= 0.3 is 12.4 Å². The molecule has 8 rings (SSSR count). The summed E-state index contributed by atoms with van der Waals surface area (Å²) < 4.78 is 131. The van der Waals surface area contributed by atoms with Crippen LogP contribution in [0.15, 0.2) is 12.2 Å². The van der Waals surface area contributed by atoms with E-state index in [0.29, 0.717) is 32.1 Å². The van der Waals surface area contributed by atoms with Crippen LogP contribution in [0.2, 0.25) is 0 Å². The smallest absolute Gasteiger partial charge is 0.347 e. The lowest BCUT2D eigenvalue weighted by Gasteiger charge is -2.54. The Morgan fingerprint density at radius 3 is 1.75 bits per heavy atom. The summed E-state index contributed by atoms with van der Waals surface area (Å²) in [6.45, 7) is 4.56. The second-order valence-electron chi connectivity index (χ2n) is 33.4. The molecule has 5 aliphatic carbocycles. The van der Waals surface area contributed by atoms with Crippen molar-refractivity contribution < 1.29 is 97.0 Å². The molecule has 12 atom stereocenters. The predicted octanol–water partition coefficient (Wildman–Crippen LogP) is 6.67. The lowest BCUT2D eigenvalue weighted by molar-refractivity contribution is -0.219. The zero-order valence-electron chi connectivity index (χ0n) is 64.5. The predicted molar refractivity (Wildman–Crippen MR) is 378 cm³/mol. The zero-order chi connectivity index (χ0) is 80.1. The number of hydrogen-bond acceptors (Lipinski definition) is 12. The fourth-order valence-corrected chi connectivity index (χ4v) is 17.8. The van der Waals surface area contributed by atoms with Crippen LogP contribution in [0.5, 0.6) is 0 Å². The monoisotopic (exact) mass is 1540 g/mol. The highest BCUT2D eigenvalue weighted by atomic mass is 19.4. The van der Waals surface area contributed by atoms with Gasteiger partial charge in [-0.25, -0.2) is 13.2 Å². The average molecular weight is 1550 g/mol. The molecule has 108 heavy (non-hydrogen) atoms. The van der Waals surface area contributed by atoms with Gasteiger partial charge in [-0.2, -0.15) is 26.3 Å². The summed E-state index contributed by atoms with van der Waals surface area (Å²) in [5.41, 5.74) is -2.49. The molecule has 33 heteroatoms. The number of hydrogen-bond donors (Lipinski definition) is 3. The molecule has 7 fully saturated rings. The van der Waals surface area contributed by atoms with Crippen molar-refractivity contribution in [2.75, 3.05) is 82.6 Å². The van der Waals surface area contributed by atoms with Crippen molar-refractivity contribution in [2.24, 2.45) is 46.8 Å². The summed E-state index contributed by atoms with van der Waals surface area (Å²) in [6.07, 6.45) is -14.5. The Balaban J connectivity index is 1.20. The molecule has 3 heterocycles. The Morgan fingerprint density at radius 1 is 0.611 bits per heavy atom. The summed E-state index contributed by atoms with van der Waals surface area (Å²) in [5, 5.41) is 8.23. The molecule has 3 aliphatic heterocycles. The molecule has 3 N–H and O–H groups in total. The van der Waals surface area contributed by atoms with Crippen molar-refractivity contribution in [3.05, 3.63) is 12.2 Å². The van der Waals surface area contributed by atoms with Crippen LogP contribution in [-0.2, 0) is 57.5 Å². The molecular formula is C75H113F9N12O12. The van der Waals surface area contributed by atoms with Crippen molar-refractivity contribution in [1.82, 2.24) is 60.0 Å². The normalized spacial score (nSPS) is 33.1. The number of halogens is 9. The number of carbonyl (C=O) groups excluding carboxylic acids is 12. The van der Waals surface area contributed by atoms with Gasteiger partial charge in [0.1, 0.15) is 78.3 Å². The van der Waals surface area contributed by atoms with Crippen LogP contribution in [-0.4, -0.2) is 282 Å². The maximum absolute atomic E-state index is 16.2. The third kappa shape index (κ3) is 20.5. The molecule has 0 aromatic heterocycles. The number of rotatable bonds is 11. The summed E-state index contributed by atoms with van der Waals surface area (Å²) in [5.74, 6) is -17.5. The van der Waals surface area contributed by atoms with Crippen LogP contribution in [0.4, 0.5) is 39.5 Å². The number of nitrogens with zero attached hydrogens (tertiary/aromatic N) is 9.